The van der Waals surface area contributed by atoms with E-state index in [0.717, 1.165) is 30.9 Å². The number of nitrogens with zero attached hydrogens (tertiary/aromatic N) is 2. The van der Waals surface area contributed by atoms with Crippen molar-refractivity contribution in [2.45, 2.75) is 31.7 Å². The predicted molar refractivity (Wildman–Crippen MR) is 64.3 cm³/mol. The largest absolute Gasteiger partial charge is 0.341 e. The molecule has 0 aliphatic carbocycles. The number of rotatable bonds is 2. The zero-order chi connectivity index (χ0) is 11.5. The molecule has 88 valence electrons. The summed E-state index contributed by atoms with van der Waals surface area (Å²) in [6, 6.07) is -0.393. The molecule has 0 aromatic carbocycles. The van der Waals surface area contributed by atoms with E-state index in [1.807, 2.05) is 16.5 Å². The Morgan fingerprint density at radius 3 is 3.19 bits per heavy atom. The first-order valence-corrected chi connectivity index (χ1v) is 6.50. The minimum Gasteiger partial charge on any atom is -0.341 e. The molecule has 2 rings (SSSR count). The van der Waals surface area contributed by atoms with Gasteiger partial charge in [-0.2, -0.15) is 0 Å². The van der Waals surface area contributed by atoms with Gasteiger partial charge in [0.1, 0.15) is 0 Å². The Kier molecular flexibility index (Phi) is 3.56. The van der Waals surface area contributed by atoms with Crippen molar-refractivity contribution in [3.63, 3.8) is 0 Å². The molecule has 1 aliphatic rings. The molecule has 1 saturated heterocycles. The number of amides is 1. The molecule has 0 radical (unpaired) electrons. The Morgan fingerprint density at radius 2 is 2.56 bits per heavy atom. The van der Waals surface area contributed by atoms with Gasteiger partial charge in [0.2, 0.25) is 5.91 Å². The average molecular weight is 239 g/mol. The third-order valence-electron chi connectivity index (χ3n) is 2.92. The van der Waals surface area contributed by atoms with Gasteiger partial charge in [0, 0.05) is 30.6 Å². The van der Waals surface area contributed by atoms with E-state index in [-0.39, 0.29) is 5.91 Å². The average Bonchev–Trinajstić information content (AvgIpc) is 2.81. The van der Waals surface area contributed by atoms with Crippen LogP contribution in [0.4, 0.5) is 0 Å². The van der Waals surface area contributed by atoms with Crippen LogP contribution in [0.25, 0.3) is 0 Å². The van der Waals surface area contributed by atoms with Gasteiger partial charge in [-0.15, -0.1) is 11.3 Å². The Hall–Kier alpha value is -0.940. The SMILES string of the molecule is C[C@@H](N)C(=O)N1CCCC(c2nccs2)C1. The third-order valence-corrected chi connectivity index (χ3v) is 3.86. The van der Waals surface area contributed by atoms with Crippen LogP contribution in [0, 0.1) is 0 Å². The van der Waals surface area contributed by atoms with Crippen molar-refractivity contribution in [1.82, 2.24) is 9.88 Å². The number of aromatic nitrogens is 1. The van der Waals surface area contributed by atoms with Gasteiger partial charge < -0.3 is 10.6 Å². The summed E-state index contributed by atoms with van der Waals surface area (Å²) in [5, 5.41) is 3.13. The highest BCUT2D eigenvalue weighted by Gasteiger charge is 2.27. The van der Waals surface area contributed by atoms with Crippen LogP contribution in [-0.4, -0.2) is 34.9 Å². The second-order valence-corrected chi connectivity index (χ2v) is 5.21. The lowest BCUT2D eigenvalue weighted by Gasteiger charge is -2.32. The Labute approximate surface area is 99.5 Å². The van der Waals surface area contributed by atoms with Crippen molar-refractivity contribution < 1.29 is 4.79 Å². The molecule has 0 bridgehead atoms. The molecule has 1 aromatic heterocycles. The summed E-state index contributed by atoms with van der Waals surface area (Å²) in [5.74, 6) is 0.456. The molecule has 0 spiro atoms. The van der Waals surface area contributed by atoms with Gasteiger partial charge in [-0.1, -0.05) is 0 Å². The minimum absolute atomic E-state index is 0.0567. The maximum Gasteiger partial charge on any atom is 0.239 e. The number of hydrogen-bond donors (Lipinski definition) is 1. The van der Waals surface area contributed by atoms with E-state index in [2.05, 4.69) is 4.98 Å². The standard InChI is InChI=1S/C11H17N3OS/c1-8(12)11(15)14-5-2-3-9(7-14)10-13-4-6-16-10/h4,6,8-9H,2-3,5,7,12H2,1H3/t8-,9?/m1/s1. The maximum absolute atomic E-state index is 11.8. The van der Waals surface area contributed by atoms with Crippen molar-refractivity contribution in [3.8, 4) is 0 Å². The molecule has 0 saturated carbocycles. The number of thiazole rings is 1. The van der Waals surface area contributed by atoms with Gasteiger partial charge in [0.25, 0.3) is 0 Å². The normalized spacial score (nSPS) is 23.1. The van der Waals surface area contributed by atoms with E-state index >= 15 is 0 Å². The molecular weight excluding hydrogens is 222 g/mol. The van der Waals surface area contributed by atoms with Crippen molar-refractivity contribution in [2.75, 3.05) is 13.1 Å². The topological polar surface area (TPSA) is 59.2 Å². The lowest BCUT2D eigenvalue weighted by Crippen LogP contribution is -2.46. The number of carbonyl (C=O) groups is 1. The zero-order valence-electron chi connectivity index (χ0n) is 9.43. The summed E-state index contributed by atoms with van der Waals surface area (Å²) in [6.07, 6.45) is 3.99. The highest BCUT2D eigenvalue weighted by atomic mass is 32.1. The van der Waals surface area contributed by atoms with E-state index in [1.54, 1.807) is 18.3 Å². The van der Waals surface area contributed by atoms with E-state index in [0.29, 0.717) is 5.92 Å². The zero-order valence-corrected chi connectivity index (χ0v) is 10.2. The first-order chi connectivity index (χ1) is 7.68. The van der Waals surface area contributed by atoms with E-state index < -0.39 is 6.04 Å². The predicted octanol–water partition coefficient (Wildman–Crippen LogP) is 1.20. The van der Waals surface area contributed by atoms with E-state index in [9.17, 15) is 4.79 Å². The quantitative estimate of drug-likeness (QED) is 0.843. The molecule has 1 amide bonds. The van der Waals surface area contributed by atoms with Gasteiger partial charge in [0.05, 0.1) is 11.0 Å². The van der Waals surface area contributed by atoms with Crippen molar-refractivity contribution in [2.24, 2.45) is 5.73 Å². The molecule has 5 heteroatoms. The van der Waals surface area contributed by atoms with Gasteiger partial charge in [-0.3, -0.25) is 4.79 Å². The summed E-state index contributed by atoms with van der Waals surface area (Å²) >= 11 is 1.67. The van der Waals surface area contributed by atoms with Crippen LogP contribution in [0.15, 0.2) is 11.6 Å². The highest BCUT2D eigenvalue weighted by Crippen LogP contribution is 2.28. The Bertz CT molecular complexity index is 350. The van der Waals surface area contributed by atoms with E-state index in [1.165, 1.54) is 0 Å². The van der Waals surface area contributed by atoms with Gasteiger partial charge >= 0.3 is 0 Å². The highest BCUT2D eigenvalue weighted by molar-refractivity contribution is 7.09. The lowest BCUT2D eigenvalue weighted by atomic mass is 9.98. The first-order valence-electron chi connectivity index (χ1n) is 5.62. The number of hydrogen-bond acceptors (Lipinski definition) is 4. The monoisotopic (exact) mass is 239 g/mol. The lowest BCUT2D eigenvalue weighted by molar-refractivity contribution is -0.133. The summed E-state index contributed by atoms with van der Waals surface area (Å²) in [7, 11) is 0. The molecule has 1 aliphatic heterocycles. The molecule has 16 heavy (non-hydrogen) atoms. The number of carbonyl (C=O) groups excluding carboxylic acids is 1. The van der Waals surface area contributed by atoms with Crippen LogP contribution < -0.4 is 5.73 Å². The molecule has 1 aromatic rings. The van der Waals surface area contributed by atoms with Gasteiger partial charge in [-0.25, -0.2) is 4.98 Å². The summed E-state index contributed by atoms with van der Waals surface area (Å²) in [6.45, 7) is 3.35. The minimum atomic E-state index is -0.393. The molecule has 2 atom stereocenters. The van der Waals surface area contributed by atoms with Gasteiger partial charge in [0.15, 0.2) is 0 Å². The number of nitrogens with two attached hydrogens (primary N) is 1. The molecule has 1 fully saturated rings. The maximum atomic E-state index is 11.8. The molecule has 2 heterocycles. The fraction of sp³-hybridized carbons (Fsp3) is 0.636. The van der Waals surface area contributed by atoms with E-state index in [4.69, 9.17) is 5.73 Å². The smallest absolute Gasteiger partial charge is 0.239 e. The van der Waals surface area contributed by atoms with Crippen LogP contribution in [0.3, 0.4) is 0 Å². The Morgan fingerprint density at radius 1 is 1.75 bits per heavy atom. The second kappa shape index (κ2) is 4.93. The number of likely N-dealkylation sites (tertiary alicyclic amines) is 1. The van der Waals surface area contributed by atoms with Crippen molar-refractivity contribution in [1.29, 1.82) is 0 Å². The molecular formula is C11H17N3OS. The number of piperidine rings is 1. The Balaban J connectivity index is 2.02. The second-order valence-electron chi connectivity index (χ2n) is 4.28. The van der Waals surface area contributed by atoms with Crippen LogP contribution in [0.1, 0.15) is 30.7 Å². The fourth-order valence-electron chi connectivity index (χ4n) is 2.10. The first kappa shape index (κ1) is 11.5. The van der Waals surface area contributed by atoms with Gasteiger partial charge in [-0.05, 0) is 19.8 Å². The molecule has 4 nitrogen and oxygen atoms in total. The summed E-state index contributed by atoms with van der Waals surface area (Å²) < 4.78 is 0. The van der Waals surface area contributed by atoms with Crippen LogP contribution in [-0.2, 0) is 4.79 Å². The van der Waals surface area contributed by atoms with Crippen LogP contribution in [0.5, 0.6) is 0 Å². The summed E-state index contributed by atoms with van der Waals surface area (Å²) in [4.78, 5) is 18.0. The van der Waals surface area contributed by atoms with Crippen molar-refractivity contribution in [3.05, 3.63) is 16.6 Å². The fourth-order valence-corrected chi connectivity index (χ4v) is 2.87. The summed E-state index contributed by atoms with van der Waals surface area (Å²) in [5.41, 5.74) is 5.63. The van der Waals surface area contributed by atoms with Crippen LogP contribution in [0.2, 0.25) is 0 Å². The van der Waals surface area contributed by atoms with Crippen molar-refractivity contribution >= 4 is 17.2 Å². The van der Waals surface area contributed by atoms with Crippen LogP contribution >= 0.6 is 11.3 Å². The molecule has 1 unspecified atom stereocenters. The molecule has 2 N–H and O–H groups in total. The third kappa shape index (κ3) is 2.41.